The minimum Gasteiger partial charge on any atom is -0.399 e. The molecule has 0 atom stereocenters. The Kier molecular flexibility index (Phi) is 3.47. The molecule has 0 spiro atoms. The highest BCUT2D eigenvalue weighted by Crippen LogP contribution is 2.16. The van der Waals surface area contributed by atoms with E-state index in [1.54, 1.807) is 24.4 Å². The average molecular weight is 239 g/mol. The first-order valence-electron chi connectivity index (χ1n) is 3.54. The zero-order valence-corrected chi connectivity index (χ0v) is 8.58. The molecule has 3 nitrogen and oxygen atoms in total. The van der Waals surface area contributed by atoms with Gasteiger partial charge in [-0.15, -0.1) is 0 Å². The minimum absolute atomic E-state index is 0.612. The summed E-state index contributed by atoms with van der Waals surface area (Å²) in [6.45, 7) is 0. The van der Waals surface area contributed by atoms with Gasteiger partial charge in [-0.3, -0.25) is 0 Å². The summed E-state index contributed by atoms with van der Waals surface area (Å²) in [5, 5.41) is 12.2. The largest absolute Gasteiger partial charge is 0.399 e. The zero-order chi connectivity index (χ0) is 9.68. The minimum atomic E-state index is 0.612. The highest BCUT2D eigenvalue weighted by molar-refractivity contribution is 9.10. The summed E-state index contributed by atoms with van der Waals surface area (Å²) in [4.78, 5) is 4.54. The Hall–Kier alpha value is -1.34. The van der Waals surface area contributed by atoms with Gasteiger partial charge in [0.2, 0.25) is 0 Å². The predicted molar refractivity (Wildman–Crippen MR) is 53.5 cm³/mol. The van der Waals surface area contributed by atoms with Crippen LogP contribution in [0.2, 0.25) is 0 Å². The van der Waals surface area contributed by atoms with Gasteiger partial charge in [0.1, 0.15) is 7.11 Å². The van der Waals surface area contributed by atoms with Crippen molar-refractivity contribution >= 4 is 22.1 Å². The smallest absolute Gasteiger partial charge is 0.106 e. The van der Waals surface area contributed by atoms with Crippen molar-refractivity contribution in [3.05, 3.63) is 33.8 Å². The number of hydrogen-bond donors (Lipinski definition) is 0. The molecule has 66 valence electrons. The van der Waals surface area contributed by atoms with Gasteiger partial charge in [-0.1, -0.05) is 27.2 Å². The molecule has 0 bridgehead atoms. The Bertz CT molecular complexity index is 368. The maximum atomic E-state index is 8.60. The molecule has 0 radical (unpaired) electrons. The molecular formula is C9H7BrN2O. The molecule has 0 aliphatic heterocycles. The van der Waals surface area contributed by atoms with Crippen LogP contribution in [0.4, 0.5) is 0 Å². The number of nitriles is 1. The third kappa shape index (κ3) is 2.56. The average Bonchev–Trinajstić information content (AvgIpc) is 2.16. The van der Waals surface area contributed by atoms with Crippen LogP contribution in [0.25, 0.3) is 0 Å². The molecule has 1 aromatic rings. The molecule has 0 heterocycles. The van der Waals surface area contributed by atoms with Crippen LogP contribution < -0.4 is 0 Å². The Balaban J connectivity index is 3.00. The molecule has 4 heteroatoms. The monoisotopic (exact) mass is 238 g/mol. The number of oxime groups is 1. The van der Waals surface area contributed by atoms with Gasteiger partial charge in [0.15, 0.2) is 0 Å². The highest BCUT2D eigenvalue weighted by Gasteiger charge is 1.98. The lowest BCUT2D eigenvalue weighted by molar-refractivity contribution is 0.215. The maximum absolute atomic E-state index is 8.60. The van der Waals surface area contributed by atoms with Crippen molar-refractivity contribution in [1.29, 1.82) is 5.26 Å². The van der Waals surface area contributed by atoms with Crippen LogP contribution in [0.3, 0.4) is 0 Å². The second-order valence-corrected chi connectivity index (χ2v) is 3.12. The van der Waals surface area contributed by atoms with Crippen molar-refractivity contribution in [3.8, 4) is 6.07 Å². The summed E-state index contributed by atoms with van der Waals surface area (Å²) >= 11 is 3.32. The van der Waals surface area contributed by atoms with E-state index in [4.69, 9.17) is 5.26 Å². The highest BCUT2D eigenvalue weighted by atomic mass is 79.9. The lowest BCUT2D eigenvalue weighted by Gasteiger charge is -1.97. The Morgan fingerprint density at radius 1 is 1.62 bits per heavy atom. The van der Waals surface area contributed by atoms with Crippen molar-refractivity contribution in [2.45, 2.75) is 0 Å². The van der Waals surface area contributed by atoms with E-state index in [0.29, 0.717) is 5.56 Å². The van der Waals surface area contributed by atoms with E-state index in [1.807, 2.05) is 6.07 Å². The van der Waals surface area contributed by atoms with Crippen molar-refractivity contribution in [3.63, 3.8) is 0 Å². The summed E-state index contributed by atoms with van der Waals surface area (Å²) in [5.74, 6) is 0. The lowest BCUT2D eigenvalue weighted by Crippen LogP contribution is -1.85. The van der Waals surface area contributed by atoms with Gasteiger partial charge in [0.05, 0.1) is 17.8 Å². The van der Waals surface area contributed by atoms with Crippen LogP contribution in [0.15, 0.2) is 27.8 Å². The summed E-state index contributed by atoms with van der Waals surface area (Å²) in [5.41, 5.74) is 1.49. The standard InChI is InChI=1S/C9H7BrN2O/c1-13-12-6-8-3-2-7(5-11)4-9(8)10/h2-4,6H,1H3/b12-6+. The van der Waals surface area contributed by atoms with Crippen LogP contribution in [-0.2, 0) is 4.84 Å². The molecule has 0 unspecified atom stereocenters. The molecule has 0 saturated carbocycles. The van der Waals surface area contributed by atoms with E-state index in [1.165, 1.54) is 7.11 Å². The van der Waals surface area contributed by atoms with E-state index >= 15 is 0 Å². The van der Waals surface area contributed by atoms with E-state index in [0.717, 1.165) is 10.0 Å². The molecule has 1 aromatic carbocycles. The summed E-state index contributed by atoms with van der Waals surface area (Å²) in [6.07, 6.45) is 1.57. The van der Waals surface area contributed by atoms with E-state index in [9.17, 15) is 0 Å². The first-order chi connectivity index (χ1) is 6.27. The number of halogens is 1. The SMILES string of the molecule is CO/N=C/c1ccc(C#N)cc1Br. The van der Waals surface area contributed by atoms with Gasteiger partial charge < -0.3 is 4.84 Å². The number of rotatable bonds is 2. The maximum Gasteiger partial charge on any atom is 0.106 e. The summed E-state index contributed by atoms with van der Waals surface area (Å²) in [7, 11) is 1.48. The third-order valence-corrected chi connectivity index (χ3v) is 2.11. The fraction of sp³-hybridized carbons (Fsp3) is 0.111. The summed E-state index contributed by atoms with van der Waals surface area (Å²) in [6, 6.07) is 7.30. The second-order valence-electron chi connectivity index (χ2n) is 2.27. The Morgan fingerprint density at radius 2 is 2.38 bits per heavy atom. The van der Waals surface area contributed by atoms with Gasteiger partial charge in [0, 0.05) is 10.0 Å². The molecule has 0 fully saturated rings. The van der Waals surface area contributed by atoms with Crippen molar-refractivity contribution in [2.75, 3.05) is 7.11 Å². The van der Waals surface area contributed by atoms with E-state index in [2.05, 4.69) is 25.9 Å². The Labute approximate surface area is 84.7 Å². The molecule has 0 aromatic heterocycles. The topological polar surface area (TPSA) is 45.4 Å². The molecule has 0 N–H and O–H groups in total. The predicted octanol–water partition coefficient (Wildman–Crippen LogP) is 2.30. The number of benzene rings is 1. The van der Waals surface area contributed by atoms with Crippen LogP contribution in [0.5, 0.6) is 0 Å². The summed E-state index contributed by atoms with van der Waals surface area (Å²) < 4.78 is 0.826. The van der Waals surface area contributed by atoms with Crippen LogP contribution >= 0.6 is 15.9 Å². The van der Waals surface area contributed by atoms with Crippen LogP contribution in [0.1, 0.15) is 11.1 Å². The first-order valence-corrected chi connectivity index (χ1v) is 4.33. The Morgan fingerprint density at radius 3 is 2.92 bits per heavy atom. The number of nitrogens with zero attached hydrogens (tertiary/aromatic N) is 2. The van der Waals surface area contributed by atoms with E-state index in [-0.39, 0.29) is 0 Å². The fourth-order valence-electron chi connectivity index (χ4n) is 0.811. The lowest BCUT2D eigenvalue weighted by atomic mass is 10.2. The zero-order valence-electron chi connectivity index (χ0n) is 6.99. The molecule has 0 aliphatic rings. The fourth-order valence-corrected chi connectivity index (χ4v) is 1.29. The second kappa shape index (κ2) is 4.63. The van der Waals surface area contributed by atoms with Gasteiger partial charge in [0.25, 0.3) is 0 Å². The molecular weight excluding hydrogens is 232 g/mol. The van der Waals surface area contributed by atoms with Crippen LogP contribution in [0, 0.1) is 11.3 Å². The van der Waals surface area contributed by atoms with Gasteiger partial charge in [-0.05, 0) is 12.1 Å². The van der Waals surface area contributed by atoms with Crippen molar-refractivity contribution in [2.24, 2.45) is 5.16 Å². The molecule has 0 aliphatic carbocycles. The third-order valence-electron chi connectivity index (χ3n) is 1.43. The van der Waals surface area contributed by atoms with Gasteiger partial charge in [-0.25, -0.2) is 0 Å². The number of hydrogen-bond acceptors (Lipinski definition) is 3. The normalized spacial score (nSPS) is 9.92. The molecule has 0 amide bonds. The van der Waals surface area contributed by atoms with Crippen molar-refractivity contribution in [1.82, 2.24) is 0 Å². The first kappa shape index (κ1) is 9.75. The van der Waals surface area contributed by atoms with Gasteiger partial charge >= 0.3 is 0 Å². The van der Waals surface area contributed by atoms with Gasteiger partial charge in [-0.2, -0.15) is 5.26 Å². The molecule has 13 heavy (non-hydrogen) atoms. The van der Waals surface area contributed by atoms with E-state index < -0.39 is 0 Å². The molecule has 0 saturated heterocycles. The van der Waals surface area contributed by atoms with Crippen molar-refractivity contribution < 1.29 is 4.84 Å². The van der Waals surface area contributed by atoms with Crippen LogP contribution in [-0.4, -0.2) is 13.3 Å². The quantitative estimate of drug-likeness (QED) is 0.587. The molecule has 1 rings (SSSR count).